The fourth-order valence-corrected chi connectivity index (χ4v) is 3.09. The van der Waals surface area contributed by atoms with Crippen molar-refractivity contribution in [2.24, 2.45) is 11.1 Å². The molecule has 1 amide bonds. The highest BCUT2D eigenvalue weighted by Gasteiger charge is 2.32. The third-order valence-corrected chi connectivity index (χ3v) is 4.60. The molecule has 23 heavy (non-hydrogen) atoms. The Hall–Kier alpha value is -0.0700. The lowest BCUT2D eigenvalue weighted by molar-refractivity contribution is -0.123. The summed E-state index contributed by atoms with van der Waals surface area (Å²) in [4.78, 5) is 14.3. The predicted octanol–water partition coefficient (Wildman–Crippen LogP) is 2.21. The highest BCUT2D eigenvalue weighted by atomic mass is 35.5. The second kappa shape index (κ2) is 14.3. The maximum atomic E-state index is 12.1. The Labute approximate surface area is 153 Å². The molecule has 0 unspecified atom stereocenters. The molecule has 1 aliphatic rings. The molecule has 0 aromatic rings. The van der Waals surface area contributed by atoms with Crippen molar-refractivity contribution >= 4 is 30.7 Å². The lowest BCUT2D eigenvalue weighted by Crippen LogP contribution is -2.39. The number of nitrogens with one attached hydrogen (secondary N) is 1. The number of nitrogens with zero attached hydrogens (tertiary/aromatic N) is 1. The number of methoxy groups -OCH3 is 1. The average Bonchev–Trinajstić information content (AvgIpc) is 2.50. The van der Waals surface area contributed by atoms with Crippen molar-refractivity contribution in [1.29, 1.82) is 0 Å². The zero-order chi connectivity index (χ0) is 15.6. The lowest BCUT2D eigenvalue weighted by atomic mass is 9.71. The number of likely N-dealkylation sites (N-methyl/N-ethyl adjacent to an activating group) is 1. The normalized spacial score (nSPS) is 16.3. The molecule has 0 heterocycles. The van der Waals surface area contributed by atoms with Gasteiger partial charge in [-0.1, -0.05) is 19.3 Å². The lowest BCUT2D eigenvalue weighted by Gasteiger charge is -2.35. The smallest absolute Gasteiger partial charge is 0.220 e. The molecular weight excluding hydrogens is 337 g/mol. The van der Waals surface area contributed by atoms with E-state index in [9.17, 15) is 4.79 Å². The topological polar surface area (TPSA) is 67.6 Å². The average molecular weight is 372 g/mol. The summed E-state index contributed by atoms with van der Waals surface area (Å²) in [5.41, 5.74) is 6.00. The van der Waals surface area contributed by atoms with Gasteiger partial charge in [0.15, 0.2) is 0 Å². The molecule has 1 saturated carbocycles. The van der Waals surface area contributed by atoms with Crippen LogP contribution in [0.1, 0.15) is 44.9 Å². The third-order valence-electron chi connectivity index (χ3n) is 4.60. The summed E-state index contributed by atoms with van der Waals surface area (Å²) in [7, 11) is 3.79. The van der Waals surface area contributed by atoms with E-state index < -0.39 is 0 Å². The minimum atomic E-state index is 0. The molecule has 1 fully saturated rings. The van der Waals surface area contributed by atoms with Gasteiger partial charge in [-0.2, -0.15) is 0 Å². The standard InChI is InChI=1S/C16H33N3O2.2ClH/c1-19(11-12-21-2)10-6-9-18-15(20)13-16(14-17)7-4-3-5-8-16;;/h3-14,17H2,1-2H3,(H,18,20);2*1H. The van der Waals surface area contributed by atoms with Gasteiger partial charge < -0.3 is 20.7 Å². The fraction of sp³-hybridized carbons (Fsp3) is 0.938. The molecular formula is C16H35Cl2N3O2. The van der Waals surface area contributed by atoms with Crippen molar-refractivity contribution < 1.29 is 9.53 Å². The van der Waals surface area contributed by atoms with Crippen LogP contribution in [0.5, 0.6) is 0 Å². The minimum Gasteiger partial charge on any atom is -0.383 e. The first-order valence-electron chi connectivity index (χ1n) is 8.26. The van der Waals surface area contributed by atoms with Crippen LogP contribution < -0.4 is 11.1 Å². The first-order chi connectivity index (χ1) is 10.1. The second-order valence-corrected chi connectivity index (χ2v) is 6.44. The molecule has 3 N–H and O–H groups in total. The Morgan fingerprint density at radius 2 is 1.87 bits per heavy atom. The van der Waals surface area contributed by atoms with Crippen LogP contribution in [0.2, 0.25) is 0 Å². The van der Waals surface area contributed by atoms with Crippen LogP contribution in [0.25, 0.3) is 0 Å². The number of nitrogens with two attached hydrogens (primary N) is 1. The van der Waals surface area contributed by atoms with Crippen LogP contribution in [0.15, 0.2) is 0 Å². The highest BCUT2D eigenvalue weighted by molar-refractivity contribution is 5.85. The van der Waals surface area contributed by atoms with Gasteiger partial charge in [-0.05, 0) is 44.8 Å². The second-order valence-electron chi connectivity index (χ2n) is 6.44. The van der Waals surface area contributed by atoms with Gasteiger partial charge in [-0.3, -0.25) is 4.79 Å². The molecule has 0 aliphatic heterocycles. The van der Waals surface area contributed by atoms with Gasteiger partial charge in [0.05, 0.1) is 6.61 Å². The van der Waals surface area contributed by atoms with E-state index in [0.29, 0.717) is 13.0 Å². The van der Waals surface area contributed by atoms with Crippen molar-refractivity contribution in [2.45, 2.75) is 44.9 Å². The van der Waals surface area contributed by atoms with Crippen molar-refractivity contribution in [3.8, 4) is 0 Å². The Balaban J connectivity index is 0. The maximum absolute atomic E-state index is 12.1. The number of halogens is 2. The van der Waals surface area contributed by atoms with Crippen LogP contribution in [0.3, 0.4) is 0 Å². The van der Waals surface area contributed by atoms with Crippen LogP contribution in [-0.2, 0) is 9.53 Å². The number of ether oxygens (including phenoxy) is 1. The molecule has 0 radical (unpaired) electrons. The number of hydrogen-bond donors (Lipinski definition) is 2. The van der Waals surface area contributed by atoms with Gasteiger partial charge in [0.25, 0.3) is 0 Å². The first-order valence-corrected chi connectivity index (χ1v) is 8.26. The van der Waals surface area contributed by atoms with Crippen LogP contribution in [-0.4, -0.2) is 57.8 Å². The molecule has 5 nitrogen and oxygen atoms in total. The molecule has 7 heteroatoms. The van der Waals surface area contributed by atoms with Gasteiger partial charge in [0.1, 0.15) is 0 Å². The van der Waals surface area contributed by atoms with Gasteiger partial charge in [0, 0.05) is 26.6 Å². The quantitative estimate of drug-likeness (QED) is 0.577. The number of amides is 1. The third kappa shape index (κ3) is 10.4. The van der Waals surface area contributed by atoms with E-state index in [1.165, 1.54) is 19.3 Å². The number of carbonyl (C=O) groups excluding carboxylic acids is 1. The summed E-state index contributed by atoms with van der Waals surface area (Å²) in [6.45, 7) is 4.05. The zero-order valence-corrected chi connectivity index (χ0v) is 16.3. The van der Waals surface area contributed by atoms with Crippen molar-refractivity contribution in [3.05, 3.63) is 0 Å². The SMILES string of the molecule is COCCN(C)CCCNC(=O)CC1(CN)CCCCC1.Cl.Cl. The van der Waals surface area contributed by atoms with Gasteiger partial charge in [-0.15, -0.1) is 24.8 Å². The fourth-order valence-electron chi connectivity index (χ4n) is 3.09. The maximum Gasteiger partial charge on any atom is 0.220 e. The van der Waals surface area contributed by atoms with Crippen LogP contribution in [0.4, 0.5) is 0 Å². The Morgan fingerprint density at radius 3 is 2.43 bits per heavy atom. The molecule has 0 saturated heterocycles. The van der Waals surface area contributed by atoms with E-state index in [0.717, 1.165) is 45.5 Å². The summed E-state index contributed by atoms with van der Waals surface area (Å²) in [6.07, 6.45) is 7.51. The van der Waals surface area contributed by atoms with E-state index in [2.05, 4.69) is 17.3 Å². The van der Waals surface area contributed by atoms with Gasteiger partial charge in [-0.25, -0.2) is 0 Å². The van der Waals surface area contributed by atoms with Gasteiger partial charge in [0.2, 0.25) is 5.91 Å². The number of hydrogen-bond acceptors (Lipinski definition) is 4. The van der Waals surface area contributed by atoms with Crippen molar-refractivity contribution in [3.63, 3.8) is 0 Å². The van der Waals surface area contributed by atoms with Crippen LogP contribution >= 0.6 is 24.8 Å². The van der Waals surface area contributed by atoms with E-state index in [1.54, 1.807) is 7.11 Å². The summed E-state index contributed by atoms with van der Waals surface area (Å²) < 4.78 is 5.04. The molecule has 140 valence electrons. The molecule has 0 aromatic carbocycles. The minimum absolute atomic E-state index is 0. The molecule has 0 atom stereocenters. The predicted molar refractivity (Wildman–Crippen MR) is 101 cm³/mol. The molecule has 1 rings (SSSR count). The van der Waals surface area contributed by atoms with Gasteiger partial charge >= 0.3 is 0 Å². The monoisotopic (exact) mass is 371 g/mol. The Morgan fingerprint density at radius 1 is 1.22 bits per heavy atom. The molecule has 0 bridgehead atoms. The van der Waals surface area contributed by atoms with Crippen molar-refractivity contribution in [2.75, 3.05) is 46.9 Å². The van der Waals surface area contributed by atoms with Crippen LogP contribution in [0, 0.1) is 5.41 Å². The van der Waals surface area contributed by atoms with Crippen molar-refractivity contribution in [1.82, 2.24) is 10.2 Å². The number of rotatable bonds is 10. The summed E-state index contributed by atoms with van der Waals surface area (Å²) in [6, 6.07) is 0. The highest BCUT2D eigenvalue weighted by Crippen LogP contribution is 2.38. The summed E-state index contributed by atoms with van der Waals surface area (Å²) in [5.74, 6) is 0.168. The number of carbonyl (C=O) groups is 1. The summed E-state index contributed by atoms with van der Waals surface area (Å²) >= 11 is 0. The molecule has 0 spiro atoms. The van der Waals surface area contributed by atoms with E-state index in [-0.39, 0.29) is 36.1 Å². The van der Waals surface area contributed by atoms with E-state index >= 15 is 0 Å². The molecule has 0 aromatic heterocycles. The van der Waals surface area contributed by atoms with E-state index in [1.807, 2.05) is 0 Å². The largest absolute Gasteiger partial charge is 0.383 e. The first kappa shape index (κ1) is 25.2. The Kier molecular flexibility index (Phi) is 15.6. The molecule has 1 aliphatic carbocycles. The van der Waals surface area contributed by atoms with E-state index in [4.69, 9.17) is 10.5 Å². The summed E-state index contributed by atoms with van der Waals surface area (Å²) in [5, 5.41) is 3.05. The zero-order valence-electron chi connectivity index (χ0n) is 14.6. The Bertz CT molecular complexity index is 301.